The molecular formula is C4H4AuINO2. The van der Waals surface area contributed by atoms with E-state index in [0.717, 1.165) is 0 Å². The fourth-order valence-electron chi connectivity index (χ4n) is 0.522. The van der Waals surface area contributed by atoms with Gasteiger partial charge in [0.1, 0.15) is 0 Å². The zero-order valence-corrected chi connectivity index (χ0v) is 8.60. The van der Waals surface area contributed by atoms with Crippen molar-refractivity contribution in [2.75, 3.05) is 0 Å². The van der Waals surface area contributed by atoms with Crippen molar-refractivity contribution in [1.82, 2.24) is 5.32 Å². The summed E-state index contributed by atoms with van der Waals surface area (Å²) in [6.07, 6.45) is 0.347. The van der Waals surface area contributed by atoms with Crippen LogP contribution in [0.2, 0.25) is 0 Å². The molecule has 3 nitrogen and oxygen atoms in total. The van der Waals surface area contributed by atoms with Crippen molar-refractivity contribution < 1.29 is 32.0 Å². The molecule has 0 aliphatic carbocycles. The first kappa shape index (κ1) is 9.61. The second-order valence-corrected chi connectivity index (χ2v) is 3.09. The number of halogens is 1. The summed E-state index contributed by atoms with van der Waals surface area (Å²) in [6, 6.07) is 0. The van der Waals surface area contributed by atoms with Crippen molar-refractivity contribution in [1.29, 1.82) is 0 Å². The van der Waals surface area contributed by atoms with Gasteiger partial charge in [-0.25, -0.2) is 0 Å². The normalized spacial score (nSPS) is 25.2. The molecule has 1 atom stereocenters. The van der Waals surface area contributed by atoms with E-state index in [9.17, 15) is 9.59 Å². The monoisotopic (exact) mass is 422 g/mol. The van der Waals surface area contributed by atoms with Gasteiger partial charge in [0, 0.05) is 28.8 Å². The zero-order chi connectivity index (χ0) is 6.15. The summed E-state index contributed by atoms with van der Waals surface area (Å²) in [6.45, 7) is 0. The van der Waals surface area contributed by atoms with E-state index < -0.39 is 0 Å². The molecule has 0 aromatic rings. The maximum absolute atomic E-state index is 10.4. The SMILES string of the molecule is O=C1CC(I)C(=O)N1.[Au]. The second kappa shape index (κ2) is 3.70. The number of imide groups is 1. The summed E-state index contributed by atoms with van der Waals surface area (Å²) in [5, 5.41) is 2.18. The summed E-state index contributed by atoms with van der Waals surface area (Å²) >= 11 is 1.94. The number of hydrogen-bond donors (Lipinski definition) is 1. The van der Waals surface area contributed by atoms with Gasteiger partial charge in [-0.3, -0.25) is 14.9 Å². The Balaban J connectivity index is 0.000000640. The fraction of sp³-hybridized carbons (Fsp3) is 0.500. The van der Waals surface area contributed by atoms with Gasteiger partial charge in [-0.15, -0.1) is 0 Å². The number of carbonyl (C=O) groups excluding carboxylic acids is 2. The Kier molecular flexibility index (Phi) is 3.95. The summed E-state index contributed by atoms with van der Waals surface area (Å²) in [4.78, 5) is 20.8. The van der Waals surface area contributed by atoms with E-state index in [1.54, 1.807) is 0 Å². The number of hydrogen-bond acceptors (Lipinski definition) is 2. The van der Waals surface area contributed by atoms with Gasteiger partial charge in [0.15, 0.2) is 0 Å². The molecule has 0 bridgehead atoms. The Bertz CT molecular complexity index is 150. The average molecular weight is 422 g/mol. The third-order valence-electron chi connectivity index (χ3n) is 0.912. The Morgan fingerprint density at radius 3 is 2.22 bits per heavy atom. The van der Waals surface area contributed by atoms with Crippen LogP contribution in [-0.2, 0) is 32.0 Å². The number of amides is 2. The van der Waals surface area contributed by atoms with Crippen LogP contribution < -0.4 is 5.32 Å². The van der Waals surface area contributed by atoms with Crippen molar-refractivity contribution in [3.63, 3.8) is 0 Å². The van der Waals surface area contributed by atoms with Crippen LogP contribution in [0.25, 0.3) is 0 Å². The van der Waals surface area contributed by atoms with E-state index in [0.29, 0.717) is 6.42 Å². The summed E-state index contributed by atoms with van der Waals surface area (Å²) < 4.78 is -0.139. The molecule has 55 valence electrons. The van der Waals surface area contributed by atoms with Crippen LogP contribution in [-0.4, -0.2) is 15.7 Å². The molecule has 1 aliphatic heterocycles. The van der Waals surface area contributed by atoms with Gasteiger partial charge in [-0.05, 0) is 0 Å². The van der Waals surface area contributed by atoms with Crippen molar-refractivity contribution in [3.05, 3.63) is 0 Å². The Morgan fingerprint density at radius 1 is 1.56 bits per heavy atom. The van der Waals surface area contributed by atoms with Crippen LogP contribution in [0.1, 0.15) is 6.42 Å². The number of nitrogens with one attached hydrogen (secondary N) is 1. The zero-order valence-electron chi connectivity index (χ0n) is 4.28. The standard InChI is InChI=1S/C4H4INO2.Au/c5-2-1-3(7)6-4(2)8;/h2H,1H2,(H,6,7,8);. The van der Waals surface area contributed by atoms with Gasteiger partial charge in [0.2, 0.25) is 11.8 Å². The number of alkyl halides is 1. The van der Waals surface area contributed by atoms with Crippen molar-refractivity contribution in [2.24, 2.45) is 0 Å². The topological polar surface area (TPSA) is 46.2 Å². The molecule has 1 rings (SSSR count). The summed E-state index contributed by atoms with van der Waals surface area (Å²) in [5.41, 5.74) is 0. The van der Waals surface area contributed by atoms with Gasteiger partial charge in [0.25, 0.3) is 0 Å². The van der Waals surface area contributed by atoms with Crippen LogP contribution in [0.5, 0.6) is 0 Å². The van der Waals surface area contributed by atoms with Crippen molar-refractivity contribution in [2.45, 2.75) is 10.3 Å². The Hall–Kier alpha value is 0.610. The molecule has 1 radical (unpaired) electrons. The molecule has 0 saturated carbocycles. The molecule has 1 saturated heterocycles. The van der Waals surface area contributed by atoms with Crippen LogP contribution >= 0.6 is 22.6 Å². The van der Waals surface area contributed by atoms with E-state index >= 15 is 0 Å². The van der Waals surface area contributed by atoms with E-state index in [-0.39, 0.29) is 38.1 Å². The first-order chi connectivity index (χ1) is 3.70. The average Bonchev–Trinajstić information content (AvgIpc) is 1.85. The van der Waals surface area contributed by atoms with E-state index in [2.05, 4.69) is 5.32 Å². The Labute approximate surface area is 81.6 Å². The third kappa shape index (κ3) is 2.37. The molecule has 1 heterocycles. The minimum absolute atomic E-state index is 0. The first-order valence-corrected chi connectivity index (χ1v) is 3.42. The number of carbonyl (C=O) groups is 2. The molecule has 1 N–H and O–H groups in total. The Morgan fingerprint density at radius 2 is 2.11 bits per heavy atom. The maximum Gasteiger partial charge on any atom is 0.240 e. The first-order valence-electron chi connectivity index (χ1n) is 2.18. The van der Waals surface area contributed by atoms with E-state index in [1.165, 1.54) is 0 Å². The molecule has 2 amide bonds. The molecule has 0 spiro atoms. The van der Waals surface area contributed by atoms with E-state index in [4.69, 9.17) is 0 Å². The van der Waals surface area contributed by atoms with Crippen molar-refractivity contribution in [3.8, 4) is 0 Å². The predicted molar refractivity (Wildman–Crippen MR) is 35.6 cm³/mol. The fourth-order valence-corrected chi connectivity index (χ4v) is 1.08. The van der Waals surface area contributed by atoms with Crippen molar-refractivity contribution >= 4 is 34.4 Å². The van der Waals surface area contributed by atoms with Gasteiger partial charge < -0.3 is 0 Å². The molecule has 9 heavy (non-hydrogen) atoms. The smallest absolute Gasteiger partial charge is 0.240 e. The minimum Gasteiger partial charge on any atom is -0.295 e. The number of rotatable bonds is 0. The van der Waals surface area contributed by atoms with Crippen LogP contribution in [0.4, 0.5) is 0 Å². The molecule has 1 fully saturated rings. The van der Waals surface area contributed by atoms with Gasteiger partial charge >= 0.3 is 0 Å². The van der Waals surface area contributed by atoms with Crippen LogP contribution in [0.3, 0.4) is 0 Å². The molecule has 0 aromatic heterocycles. The summed E-state index contributed by atoms with van der Waals surface area (Å²) in [7, 11) is 0. The molecule has 0 aromatic carbocycles. The van der Waals surface area contributed by atoms with Crippen LogP contribution in [0, 0.1) is 0 Å². The predicted octanol–water partition coefficient (Wildman–Crippen LogP) is -0.166. The molecule has 5 heteroatoms. The molecular weight excluding hydrogens is 418 g/mol. The maximum atomic E-state index is 10.4. The molecule has 1 unspecified atom stereocenters. The van der Waals surface area contributed by atoms with Gasteiger partial charge in [-0.2, -0.15) is 0 Å². The summed E-state index contributed by atoms with van der Waals surface area (Å²) in [5.74, 6) is -0.315. The van der Waals surface area contributed by atoms with Gasteiger partial charge in [0.05, 0.1) is 3.92 Å². The van der Waals surface area contributed by atoms with E-state index in [1.807, 2.05) is 22.6 Å². The minimum atomic E-state index is -0.158. The largest absolute Gasteiger partial charge is 0.295 e. The third-order valence-corrected chi connectivity index (χ3v) is 1.92. The van der Waals surface area contributed by atoms with Crippen LogP contribution in [0.15, 0.2) is 0 Å². The van der Waals surface area contributed by atoms with Gasteiger partial charge in [-0.1, -0.05) is 22.6 Å². The molecule has 1 aliphatic rings. The second-order valence-electron chi connectivity index (χ2n) is 1.58. The quantitative estimate of drug-likeness (QED) is 0.255.